The van der Waals surface area contributed by atoms with Crippen LogP contribution in [-0.2, 0) is 9.53 Å². The second-order valence-electron chi connectivity index (χ2n) is 7.06. The van der Waals surface area contributed by atoms with Gasteiger partial charge in [-0.25, -0.2) is 4.79 Å². The molecule has 0 aromatic heterocycles. The third-order valence-electron chi connectivity index (χ3n) is 5.23. The maximum atomic E-state index is 12.8. The standard InChI is InChI=1S/C21H22ClN3O5/c1-14-3-4-16(13-18(14)25(28)29)20(26)24-11-9-23(10-12-24)19(21(27)30-2)15-5-7-17(22)8-6-15/h3-8,13,19H,9-12H2,1-2H3/t19-/m1/s1. The van der Waals surface area contributed by atoms with Gasteiger partial charge in [-0.2, -0.15) is 0 Å². The van der Waals surface area contributed by atoms with E-state index in [4.69, 9.17) is 16.3 Å². The average molecular weight is 432 g/mol. The molecule has 1 saturated heterocycles. The molecule has 0 N–H and O–H groups in total. The highest BCUT2D eigenvalue weighted by Gasteiger charge is 2.32. The zero-order valence-electron chi connectivity index (χ0n) is 16.7. The normalized spacial score (nSPS) is 15.5. The highest BCUT2D eigenvalue weighted by molar-refractivity contribution is 6.30. The third kappa shape index (κ3) is 4.60. The molecular formula is C21H22ClN3O5. The summed E-state index contributed by atoms with van der Waals surface area (Å²) in [5.41, 5.74) is 1.47. The number of esters is 1. The lowest BCUT2D eigenvalue weighted by atomic mass is 10.0. The number of carbonyl (C=O) groups excluding carboxylic acids is 2. The minimum absolute atomic E-state index is 0.0759. The van der Waals surface area contributed by atoms with Crippen molar-refractivity contribution in [2.75, 3.05) is 33.3 Å². The number of amides is 1. The van der Waals surface area contributed by atoms with Crippen molar-refractivity contribution >= 4 is 29.2 Å². The number of rotatable bonds is 5. The molecule has 1 aliphatic heterocycles. The van der Waals surface area contributed by atoms with Gasteiger partial charge in [0.25, 0.3) is 11.6 Å². The lowest BCUT2D eigenvalue weighted by Gasteiger charge is -2.38. The van der Waals surface area contributed by atoms with Crippen LogP contribution in [-0.4, -0.2) is 59.9 Å². The number of halogens is 1. The zero-order valence-corrected chi connectivity index (χ0v) is 17.5. The Balaban J connectivity index is 1.73. The number of hydrogen-bond donors (Lipinski definition) is 0. The van der Waals surface area contributed by atoms with Crippen molar-refractivity contribution in [2.24, 2.45) is 0 Å². The van der Waals surface area contributed by atoms with Crippen molar-refractivity contribution in [2.45, 2.75) is 13.0 Å². The molecule has 30 heavy (non-hydrogen) atoms. The molecule has 158 valence electrons. The monoisotopic (exact) mass is 431 g/mol. The Labute approximate surface area is 179 Å². The predicted octanol–water partition coefficient (Wildman–Crippen LogP) is 3.23. The smallest absolute Gasteiger partial charge is 0.327 e. The Hall–Kier alpha value is -2.97. The summed E-state index contributed by atoms with van der Waals surface area (Å²) < 4.78 is 4.98. The first-order valence-electron chi connectivity index (χ1n) is 9.43. The first-order chi connectivity index (χ1) is 14.3. The van der Waals surface area contributed by atoms with Crippen molar-refractivity contribution in [3.63, 3.8) is 0 Å². The molecule has 0 aliphatic carbocycles. The molecule has 9 heteroatoms. The summed E-state index contributed by atoms with van der Waals surface area (Å²) in [6, 6.07) is 10.9. The van der Waals surface area contributed by atoms with Gasteiger partial charge in [-0.15, -0.1) is 0 Å². The van der Waals surface area contributed by atoms with Gasteiger partial charge in [0.2, 0.25) is 0 Å². The lowest BCUT2D eigenvalue weighted by molar-refractivity contribution is -0.385. The topological polar surface area (TPSA) is 93.0 Å². The Morgan fingerprint density at radius 2 is 1.73 bits per heavy atom. The van der Waals surface area contributed by atoms with Crippen molar-refractivity contribution in [3.05, 3.63) is 74.3 Å². The van der Waals surface area contributed by atoms with Crippen molar-refractivity contribution in [1.29, 1.82) is 0 Å². The van der Waals surface area contributed by atoms with Crippen LogP contribution in [0.2, 0.25) is 5.02 Å². The molecule has 0 spiro atoms. The molecule has 0 unspecified atom stereocenters. The molecule has 3 rings (SSSR count). The van der Waals surface area contributed by atoms with Crippen LogP contribution >= 0.6 is 11.6 Å². The number of nitro groups is 1. The fraction of sp³-hybridized carbons (Fsp3) is 0.333. The zero-order chi connectivity index (χ0) is 21.8. The highest BCUT2D eigenvalue weighted by atomic mass is 35.5. The summed E-state index contributed by atoms with van der Waals surface area (Å²) >= 11 is 5.95. The van der Waals surface area contributed by atoms with Crippen LogP contribution in [0.15, 0.2) is 42.5 Å². The van der Waals surface area contributed by atoms with Gasteiger partial charge in [0, 0.05) is 48.4 Å². The van der Waals surface area contributed by atoms with E-state index >= 15 is 0 Å². The molecule has 1 heterocycles. The van der Waals surface area contributed by atoms with Gasteiger partial charge in [-0.1, -0.05) is 29.8 Å². The second-order valence-corrected chi connectivity index (χ2v) is 7.50. The van der Waals surface area contributed by atoms with Crippen LogP contribution in [0, 0.1) is 17.0 Å². The summed E-state index contributed by atoms with van der Waals surface area (Å²) in [4.78, 5) is 39.5. The SMILES string of the molecule is COC(=O)[C@@H](c1ccc(Cl)cc1)N1CCN(C(=O)c2ccc(C)c([N+](=O)[O-])c2)CC1. The quantitative estimate of drug-likeness (QED) is 0.410. The summed E-state index contributed by atoms with van der Waals surface area (Å²) in [5, 5.41) is 11.7. The number of benzene rings is 2. The van der Waals surface area contributed by atoms with Crippen LogP contribution in [0.25, 0.3) is 0 Å². The molecule has 0 radical (unpaired) electrons. The molecule has 1 amide bonds. The van der Waals surface area contributed by atoms with E-state index < -0.39 is 11.0 Å². The van der Waals surface area contributed by atoms with Crippen LogP contribution in [0.4, 0.5) is 5.69 Å². The molecular weight excluding hydrogens is 410 g/mol. The number of ether oxygens (including phenoxy) is 1. The van der Waals surface area contributed by atoms with E-state index in [1.807, 2.05) is 4.90 Å². The van der Waals surface area contributed by atoms with E-state index in [2.05, 4.69) is 0 Å². The molecule has 1 atom stereocenters. The number of nitro benzene ring substituents is 1. The lowest BCUT2D eigenvalue weighted by Crippen LogP contribution is -2.51. The number of nitrogens with zero attached hydrogens (tertiary/aromatic N) is 3. The van der Waals surface area contributed by atoms with E-state index in [1.165, 1.54) is 13.2 Å². The Bertz CT molecular complexity index is 956. The first-order valence-corrected chi connectivity index (χ1v) is 9.81. The van der Waals surface area contributed by atoms with Gasteiger partial charge in [-0.05, 0) is 30.7 Å². The number of hydrogen-bond acceptors (Lipinski definition) is 6. The Morgan fingerprint density at radius 1 is 1.10 bits per heavy atom. The number of methoxy groups -OCH3 is 1. The summed E-state index contributed by atoms with van der Waals surface area (Å²) in [6.07, 6.45) is 0. The van der Waals surface area contributed by atoms with E-state index in [1.54, 1.807) is 48.2 Å². The van der Waals surface area contributed by atoms with Crippen molar-refractivity contribution < 1.29 is 19.2 Å². The van der Waals surface area contributed by atoms with Crippen LogP contribution in [0.5, 0.6) is 0 Å². The van der Waals surface area contributed by atoms with E-state index in [0.717, 1.165) is 5.56 Å². The van der Waals surface area contributed by atoms with Crippen LogP contribution < -0.4 is 0 Å². The van der Waals surface area contributed by atoms with Crippen molar-refractivity contribution in [1.82, 2.24) is 9.80 Å². The largest absolute Gasteiger partial charge is 0.468 e. The average Bonchev–Trinajstić information content (AvgIpc) is 2.75. The summed E-state index contributed by atoms with van der Waals surface area (Å²) in [7, 11) is 1.34. The van der Waals surface area contributed by atoms with Gasteiger partial charge in [0.1, 0.15) is 6.04 Å². The number of aryl methyl sites for hydroxylation is 1. The van der Waals surface area contributed by atoms with E-state index in [9.17, 15) is 19.7 Å². The van der Waals surface area contributed by atoms with E-state index in [-0.39, 0.29) is 23.1 Å². The highest BCUT2D eigenvalue weighted by Crippen LogP contribution is 2.26. The van der Waals surface area contributed by atoms with Crippen molar-refractivity contribution in [3.8, 4) is 0 Å². The minimum atomic E-state index is -0.593. The Morgan fingerprint density at radius 3 is 2.30 bits per heavy atom. The number of piperazine rings is 1. The molecule has 1 fully saturated rings. The summed E-state index contributed by atoms with van der Waals surface area (Å²) in [6.45, 7) is 3.34. The van der Waals surface area contributed by atoms with Crippen LogP contribution in [0.3, 0.4) is 0 Å². The van der Waals surface area contributed by atoms with Gasteiger partial charge >= 0.3 is 5.97 Å². The molecule has 1 aliphatic rings. The fourth-order valence-electron chi connectivity index (χ4n) is 3.56. The third-order valence-corrected chi connectivity index (χ3v) is 5.48. The van der Waals surface area contributed by atoms with Gasteiger partial charge in [0.05, 0.1) is 12.0 Å². The van der Waals surface area contributed by atoms with E-state index in [0.29, 0.717) is 36.8 Å². The molecule has 2 aromatic carbocycles. The van der Waals surface area contributed by atoms with Gasteiger partial charge in [-0.3, -0.25) is 19.8 Å². The first kappa shape index (κ1) is 21.7. The maximum absolute atomic E-state index is 12.8. The Kier molecular flexibility index (Phi) is 6.69. The molecule has 0 bridgehead atoms. The molecule has 8 nitrogen and oxygen atoms in total. The number of carbonyl (C=O) groups is 2. The van der Waals surface area contributed by atoms with Gasteiger partial charge < -0.3 is 9.64 Å². The fourth-order valence-corrected chi connectivity index (χ4v) is 3.68. The molecule has 0 saturated carbocycles. The summed E-state index contributed by atoms with van der Waals surface area (Å²) in [5.74, 6) is -0.648. The van der Waals surface area contributed by atoms with Gasteiger partial charge in [0.15, 0.2) is 0 Å². The second kappa shape index (κ2) is 9.23. The maximum Gasteiger partial charge on any atom is 0.327 e. The minimum Gasteiger partial charge on any atom is -0.468 e. The van der Waals surface area contributed by atoms with Crippen LogP contribution in [0.1, 0.15) is 27.5 Å². The molecule has 2 aromatic rings. The predicted molar refractivity (Wildman–Crippen MR) is 112 cm³/mol.